The molecule has 1 aliphatic rings. The van der Waals surface area contributed by atoms with Crippen LogP contribution in [-0.4, -0.2) is 36.8 Å². The average molecular weight is 301 g/mol. The van der Waals surface area contributed by atoms with Gasteiger partial charge in [0, 0.05) is 11.0 Å². The molecule has 1 amide bonds. The molecule has 0 saturated carbocycles. The number of phenols is 1. The van der Waals surface area contributed by atoms with Gasteiger partial charge in [-0.1, -0.05) is 15.9 Å². The molecule has 1 unspecified atom stereocenters. The number of benzene rings is 1. The number of aromatic hydroxyl groups is 1. The molecule has 6 heteroatoms. The largest absolute Gasteiger partial charge is 0.506 e. The van der Waals surface area contributed by atoms with Crippen LogP contribution in [0.15, 0.2) is 22.7 Å². The van der Waals surface area contributed by atoms with Crippen molar-refractivity contribution in [2.24, 2.45) is 0 Å². The summed E-state index contributed by atoms with van der Waals surface area (Å²) in [5.41, 5.74) is 0.386. The highest BCUT2D eigenvalue weighted by Crippen LogP contribution is 2.26. The lowest BCUT2D eigenvalue weighted by Crippen LogP contribution is -2.48. The molecule has 92 valence electrons. The molecule has 3 N–H and O–H groups in total. The van der Waals surface area contributed by atoms with Gasteiger partial charge in [-0.15, -0.1) is 0 Å². The number of hydrogen-bond acceptors (Lipinski definition) is 4. The molecule has 5 nitrogen and oxygen atoms in total. The minimum absolute atomic E-state index is 0.0401. The van der Waals surface area contributed by atoms with E-state index in [-0.39, 0.29) is 17.7 Å². The highest BCUT2D eigenvalue weighted by atomic mass is 79.9. The number of phenolic OH excluding ortho intramolecular Hbond substituents is 1. The van der Waals surface area contributed by atoms with Crippen molar-refractivity contribution in [2.75, 3.05) is 25.1 Å². The van der Waals surface area contributed by atoms with Crippen LogP contribution < -0.4 is 10.6 Å². The number of carbonyl (C=O) groups is 1. The van der Waals surface area contributed by atoms with E-state index in [0.717, 1.165) is 4.47 Å². The van der Waals surface area contributed by atoms with E-state index in [9.17, 15) is 9.90 Å². The first kappa shape index (κ1) is 12.3. The lowest BCUT2D eigenvalue weighted by molar-refractivity contribution is -0.120. The van der Waals surface area contributed by atoms with Gasteiger partial charge in [0.2, 0.25) is 5.91 Å². The van der Waals surface area contributed by atoms with Crippen LogP contribution in [0.5, 0.6) is 5.75 Å². The zero-order valence-corrected chi connectivity index (χ0v) is 10.7. The fourth-order valence-corrected chi connectivity index (χ4v) is 1.92. The summed E-state index contributed by atoms with van der Waals surface area (Å²) in [4.78, 5) is 11.9. The number of rotatable bonds is 2. The molecule has 1 aromatic rings. The molecule has 0 aromatic heterocycles. The fraction of sp³-hybridized carbons (Fsp3) is 0.364. The third kappa shape index (κ3) is 3.18. The van der Waals surface area contributed by atoms with Crippen LogP contribution >= 0.6 is 15.9 Å². The maximum absolute atomic E-state index is 11.9. The first-order valence-corrected chi connectivity index (χ1v) is 6.06. The second-order valence-electron chi connectivity index (χ2n) is 3.73. The van der Waals surface area contributed by atoms with E-state index in [2.05, 4.69) is 26.6 Å². The molecular formula is C11H13BrN2O3. The quantitative estimate of drug-likeness (QED) is 0.715. The van der Waals surface area contributed by atoms with E-state index in [1.807, 2.05) is 0 Å². The maximum atomic E-state index is 11.9. The van der Waals surface area contributed by atoms with Crippen LogP contribution in [0.3, 0.4) is 0 Å². The Kier molecular flexibility index (Phi) is 3.98. The van der Waals surface area contributed by atoms with Crippen molar-refractivity contribution in [1.82, 2.24) is 5.32 Å². The molecule has 17 heavy (non-hydrogen) atoms. The molecule has 1 aromatic carbocycles. The molecule has 0 spiro atoms. The Labute approximate surface area is 107 Å². The van der Waals surface area contributed by atoms with E-state index in [4.69, 9.17) is 4.74 Å². The number of nitrogens with one attached hydrogen (secondary N) is 2. The number of amides is 1. The number of hydrogen-bond donors (Lipinski definition) is 3. The van der Waals surface area contributed by atoms with Gasteiger partial charge in [0.05, 0.1) is 18.9 Å². The molecule has 0 radical (unpaired) electrons. The second-order valence-corrected chi connectivity index (χ2v) is 4.65. The number of ether oxygens (including phenoxy) is 1. The molecule has 0 aliphatic carbocycles. The number of carbonyl (C=O) groups excluding carboxylic acids is 1. The Morgan fingerprint density at radius 3 is 3.12 bits per heavy atom. The summed E-state index contributed by atoms with van der Waals surface area (Å²) in [6.07, 6.45) is 0. The van der Waals surface area contributed by atoms with Crippen LogP contribution in [0.2, 0.25) is 0 Å². The van der Waals surface area contributed by atoms with Gasteiger partial charge in [0.15, 0.2) is 0 Å². The summed E-state index contributed by atoms with van der Waals surface area (Å²) in [7, 11) is 0. The minimum atomic E-state index is -0.373. The van der Waals surface area contributed by atoms with E-state index >= 15 is 0 Å². The van der Waals surface area contributed by atoms with Crippen molar-refractivity contribution >= 4 is 27.5 Å². The molecule has 0 bridgehead atoms. The second kappa shape index (κ2) is 5.48. The summed E-state index contributed by atoms with van der Waals surface area (Å²) in [5.74, 6) is -0.170. The smallest absolute Gasteiger partial charge is 0.244 e. The van der Waals surface area contributed by atoms with Gasteiger partial charge in [-0.25, -0.2) is 0 Å². The van der Waals surface area contributed by atoms with Crippen LogP contribution in [0.25, 0.3) is 0 Å². The lowest BCUT2D eigenvalue weighted by Gasteiger charge is -2.23. The van der Waals surface area contributed by atoms with Gasteiger partial charge < -0.3 is 20.5 Å². The van der Waals surface area contributed by atoms with E-state index < -0.39 is 0 Å². The van der Waals surface area contributed by atoms with Crippen molar-refractivity contribution in [1.29, 1.82) is 0 Å². The SMILES string of the molecule is O=C(Nc1cc(Br)ccc1O)C1COCCN1. The zero-order chi connectivity index (χ0) is 12.3. The van der Waals surface area contributed by atoms with Gasteiger partial charge in [0.25, 0.3) is 0 Å². The standard InChI is InChI=1S/C11H13BrN2O3/c12-7-1-2-10(15)8(5-7)14-11(16)9-6-17-4-3-13-9/h1-2,5,9,13,15H,3-4,6H2,(H,14,16). The summed E-state index contributed by atoms with van der Waals surface area (Å²) >= 11 is 3.28. The number of anilines is 1. The van der Waals surface area contributed by atoms with E-state index in [0.29, 0.717) is 25.4 Å². The van der Waals surface area contributed by atoms with Gasteiger partial charge in [-0.05, 0) is 18.2 Å². The third-order valence-corrected chi connectivity index (χ3v) is 2.95. The monoisotopic (exact) mass is 300 g/mol. The van der Waals surface area contributed by atoms with Crippen LogP contribution in [0.4, 0.5) is 5.69 Å². The minimum Gasteiger partial charge on any atom is -0.506 e. The number of morpholine rings is 1. The summed E-state index contributed by atoms with van der Waals surface area (Å²) in [6.45, 7) is 1.62. The Balaban J connectivity index is 2.04. The fourth-order valence-electron chi connectivity index (χ4n) is 1.56. The van der Waals surface area contributed by atoms with E-state index in [1.54, 1.807) is 12.1 Å². The maximum Gasteiger partial charge on any atom is 0.244 e. The summed E-state index contributed by atoms with van der Waals surface area (Å²) in [5, 5.41) is 15.3. The lowest BCUT2D eigenvalue weighted by atomic mass is 10.2. The zero-order valence-electron chi connectivity index (χ0n) is 9.07. The van der Waals surface area contributed by atoms with Crippen molar-refractivity contribution < 1.29 is 14.6 Å². The first-order valence-electron chi connectivity index (χ1n) is 5.27. The number of halogens is 1. The first-order chi connectivity index (χ1) is 8.16. The van der Waals surface area contributed by atoms with Crippen molar-refractivity contribution in [3.63, 3.8) is 0 Å². The van der Waals surface area contributed by atoms with Crippen LogP contribution in [0.1, 0.15) is 0 Å². The van der Waals surface area contributed by atoms with Crippen molar-refractivity contribution in [2.45, 2.75) is 6.04 Å². The molecule has 1 heterocycles. The predicted octanol–water partition coefficient (Wildman–Crippen LogP) is 1.08. The van der Waals surface area contributed by atoms with Gasteiger partial charge in [-0.2, -0.15) is 0 Å². The predicted molar refractivity (Wildman–Crippen MR) is 67.0 cm³/mol. The molecule has 1 aliphatic heterocycles. The van der Waals surface area contributed by atoms with Crippen LogP contribution in [0, 0.1) is 0 Å². The molecular weight excluding hydrogens is 288 g/mol. The third-order valence-electron chi connectivity index (χ3n) is 2.45. The molecule has 2 rings (SSSR count). The van der Waals surface area contributed by atoms with Crippen LogP contribution in [-0.2, 0) is 9.53 Å². The Morgan fingerprint density at radius 1 is 1.59 bits per heavy atom. The van der Waals surface area contributed by atoms with E-state index in [1.165, 1.54) is 6.07 Å². The van der Waals surface area contributed by atoms with Gasteiger partial charge in [0.1, 0.15) is 11.8 Å². The highest BCUT2D eigenvalue weighted by Gasteiger charge is 2.21. The summed E-state index contributed by atoms with van der Waals surface area (Å²) in [6, 6.07) is 4.50. The van der Waals surface area contributed by atoms with Crippen molar-refractivity contribution in [3.8, 4) is 5.75 Å². The average Bonchev–Trinajstić information content (AvgIpc) is 2.35. The molecule has 1 fully saturated rings. The Morgan fingerprint density at radius 2 is 2.41 bits per heavy atom. The normalized spacial score (nSPS) is 19.9. The topological polar surface area (TPSA) is 70.6 Å². The molecule has 1 atom stereocenters. The molecule has 1 saturated heterocycles. The highest BCUT2D eigenvalue weighted by molar-refractivity contribution is 9.10. The van der Waals surface area contributed by atoms with Crippen molar-refractivity contribution in [3.05, 3.63) is 22.7 Å². The van der Waals surface area contributed by atoms with Gasteiger partial charge >= 0.3 is 0 Å². The van der Waals surface area contributed by atoms with Gasteiger partial charge in [-0.3, -0.25) is 4.79 Å². The Hall–Kier alpha value is -1.11. The summed E-state index contributed by atoms with van der Waals surface area (Å²) < 4.78 is 5.99. The Bertz CT molecular complexity index is 419.